The first kappa shape index (κ1) is 13.8. The lowest BCUT2D eigenvalue weighted by Gasteiger charge is -2.17. The third-order valence-electron chi connectivity index (χ3n) is 2.61. The minimum absolute atomic E-state index is 0.0411. The predicted octanol–water partition coefficient (Wildman–Crippen LogP) is 4.57. The standard InChI is InChI=1S/C14H14F2N2S/c1-10(11-6-4-5-9-17-11)18-12-7-2-3-8-13(12)19-14(15)16/h2-10,14,18H,1H3. The molecule has 5 heteroatoms. The van der Waals surface area contributed by atoms with Crippen LogP contribution in [0.4, 0.5) is 14.5 Å². The molecule has 0 amide bonds. The summed E-state index contributed by atoms with van der Waals surface area (Å²) in [7, 11) is 0. The average molecular weight is 280 g/mol. The number of thioether (sulfide) groups is 1. The van der Waals surface area contributed by atoms with E-state index in [4.69, 9.17) is 0 Å². The summed E-state index contributed by atoms with van der Waals surface area (Å²) in [5.41, 5.74) is 1.57. The highest BCUT2D eigenvalue weighted by atomic mass is 32.2. The summed E-state index contributed by atoms with van der Waals surface area (Å²) in [6.45, 7) is 1.95. The van der Waals surface area contributed by atoms with Gasteiger partial charge in [-0.1, -0.05) is 30.0 Å². The van der Waals surface area contributed by atoms with E-state index >= 15 is 0 Å². The van der Waals surface area contributed by atoms with Crippen molar-refractivity contribution in [2.45, 2.75) is 23.6 Å². The van der Waals surface area contributed by atoms with E-state index in [1.165, 1.54) is 0 Å². The smallest absolute Gasteiger partial charge is 0.288 e. The molecule has 1 heterocycles. The maximum Gasteiger partial charge on any atom is 0.288 e. The van der Waals surface area contributed by atoms with Gasteiger partial charge >= 0.3 is 0 Å². The summed E-state index contributed by atoms with van der Waals surface area (Å²) in [4.78, 5) is 4.79. The Morgan fingerprint density at radius 1 is 1.11 bits per heavy atom. The summed E-state index contributed by atoms with van der Waals surface area (Å²) in [6.07, 6.45) is 1.72. The average Bonchev–Trinajstić information content (AvgIpc) is 2.41. The Morgan fingerprint density at radius 3 is 2.53 bits per heavy atom. The minimum Gasteiger partial charge on any atom is -0.376 e. The van der Waals surface area contributed by atoms with E-state index in [2.05, 4.69) is 10.3 Å². The fourth-order valence-electron chi connectivity index (χ4n) is 1.72. The number of para-hydroxylation sites is 1. The third-order valence-corrected chi connectivity index (χ3v) is 3.39. The van der Waals surface area contributed by atoms with Crippen molar-refractivity contribution in [1.29, 1.82) is 0 Å². The first-order valence-corrected chi connectivity index (χ1v) is 6.76. The highest BCUT2D eigenvalue weighted by molar-refractivity contribution is 7.99. The second kappa shape index (κ2) is 6.52. The molecule has 1 aromatic carbocycles. The van der Waals surface area contributed by atoms with Crippen LogP contribution in [0.25, 0.3) is 0 Å². The van der Waals surface area contributed by atoms with Crippen LogP contribution in [0.5, 0.6) is 0 Å². The lowest BCUT2D eigenvalue weighted by Crippen LogP contribution is -2.09. The zero-order valence-corrected chi connectivity index (χ0v) is 11.2. The van der Waals surface area contributed by atoms with E-state index in [1.807, 2.05) is 31.2 Å². The lowest BCUT2D eigenvalue weighted by molar-refractivity contribution is 0.252. The highest BCUT2D eigenvalue weighted by Crippen LogP contribution is 2.33. The van der Waals surface area contributed by atoms with Crippen LogP contribution in [0, 0.1) is 0 Å². The minimum atomic E-state index is -2.42. The predicted molar refractivity (Wildman–Crippen MR) is 74.6 cm³/mol. The van der Waals surface area contributed by atoms with Gasteiger partial charge in [0.2, 0.25) is 0 Å². The van der Waals surface area contributed by atoms with Gasteiger partial charge in [-0.15, -0.1) is 0 Å². The number of alkyl halides is 2. The highest BCUT2D eigenvalue weighted by Gasteiger charge is 2.12. The SMILES string of the molecule is CC(Nc1ccccc1SC(F)F)c1ccccn1. The largest absolute Gasteiger partial charge is 0.376 e. The van der Waals surface area contributed by atoms with Gasteiger partial charge in [0, 0.05) is 16.8 Å². The van der Waals surface area contributed by atoms with Crippen LogP contribution in [0.2, 0.25) is 0 Å². The quantitative estimate of drug-likeness (QED) is 0.812. The molecule has 0 radical (unpaired) electrons. The normalized spacial score (nSPS) is 12.4. The van der Waals surface area contributed by atoms with Crippen LogP contribution in [0.15, 0.2) is 53.6 Å². The third kappa shape index (κ3) is 3.92. The maximum absolute atomic E-state index is 12.5. The molecule has 2 aromatic rings. The summed E-state index contributed by atoms with van der Waals surface area (Å²) < 4.78 is 25.0. The second-order valence-corrected chi connectivity index (χ2v) is 5.03. The Bertz CT molecular complexity index is 520. The Hall–Kier alpha value is -1.62. The molecule has 0 fully saturated rings. The van der Waals surface area contributed by atoms with Gasteiger partial charge in [-0.25, -0.2) is 0 Å². The number of aromatic nitrogens is 1. The van der Waals surface area contributed by atoms with Gasteiger partial charge < -0.3 is 5.32 Å². The van der Waals surface area contributed by atoms with Gasteiger partial charge in [0.1, 0.15) is 0 Å². The number of anilines is 1. The molecule has 100 valence electrons. The van der Waals surface area contributed by atoms with E-state index in [9.17, 15) is 8.78 Å². The number of benzene rings is 1. The molecular formula is C14H14F2N2S. The first-order chi connectivity index (χ1) is 9.16. The first-order valence-electron chi connectivity index (χ1n) is 5.88. The summed E-state index contributed by atoms with van der Waals surface area (Å²) >= 11 is 0.546. The second-order valence-electron chi connectivity index (χ2n) is 4.00. The Kier molecular flexibility index (Phi) is 4.74. The molecule has 0 spiro atoms. The number of hydrogen-bond donors (Lipinski definition) is 1. The topological polar surface area (TPSA) is 24.9 Å². The van der Waals surface area contributed by atoms with Crippen molar-refractivity contribution in [3.05, 3.63) is 54.4 Å². The van der Waals surface area contributed by atoms with Crippen molar-refractivity contribution in [2.75, 3.05) is 5.32 Å². The molecule has 0 saturated carbocycles. The zero-order valence-electron chi connectivity index (χ0n) is 10.4. The lowest BCUT2D eigenvalue weighted by atomic mass is 10.2. The van der Waals surface area contributed by atoms with Gasteiger partial charge in [-0.05, 0) is 31.2 Å². The van der Waals surface area contributed by atoms with E-state index in [0.717, 1.165) is 5.69 Å². The van der Waals surface area contributed by atoms with Crippen LogP contribution in [-0.4, -0.2) is 10.7 Å². The molecule has 19 heavy (non-hydrogen) atoms. The van der Waals surface area contributed by atoms with Crippen molar-refractivity contribution >= 4 is 17.4 Å². The molecule has 2 rings (SSSR count). The van der Waals surface area contributed by atoms with Gasteiger partial charge in [0.05, 0.1) is 11.7 Å². The van der Waals surface area contributed by atoms with E-state index in [-0.39, 0.29) is 6.04 Å². The molecule has 1 N–H and O–H groups in total. The number of pyridine rings is 1. The number of nitrogens with one attached hydrogen (secondary N) is 1. The van der Waals surface area contributed by atoms with Crippen LogP contribution in [0.3, 0.4) is 0 Å². The molecule has 1 atom stereocenters. The van der Waals surface area contributed by atoms with Gasteiger partial charge in [0.15, 0.2) is 0 Å². The molecule has 1 unspecified atom stereocenters. The molecular weight excluding hydrogens is 266 g/mol. The van der Waals surface area contributed by atoms with Crippen molar-refractivity contribution in [3.63, 3.8) is 0 Å². The summed E-state index contributed by atoms with van der Waals surface area (Å²) in [5.74, 6) is -2.42. The molecule has 0 aliphatic carbocycles. The molecule has 0 aliphatic heterocycles. The van der Waals surface area contributed by atoms with Crippen LogP contribution >= 0.6 is 11.8 Å². The number of halogens is 2. The van der Waals surface area contributed by atoms with E-state index < -0.39 is 5.76 Å². The van der Waals surface area contributed by atoms with Crippen molar-refractivity contribution in [3.8, 4) is 0 Å². The summed E-state index contributed by atoms with van der Waals surface area (Å²) in [6, 6.07) is 12.7. The molecule has 1 aromatic heterocycles. The summed E-state index contributed by atoms with van der Waals surface area (Å²) in [5, 5.41) is 3.22. The molecule has 0 saturated heterocycles. The molecule has 0 aliphatic rings. The number of nitrogens with zero attached hydrogens (tertiary/aromatic N) is 1. The van der Waals surface area contributed by atoms with Gasteiger partial charge in [-0.2, -0.15) is 8.78 Å². The Labute approximate surface area is 115 Å². The molecule has 2 nitrogen and oxygen atoms in total. The number of hydrogen-bond acceptors (Lipinski definition) is 3. The van der Waals surface area contributed by atoms with Crippen LogP contribution in [0.1, 0.15) is 18.7 Å². The molecule has 0 bridgehead atoms. The fraction of sp³-hybridized carbons (Fsp3) is 0.214. The van der Waals surface area contributed by atoms with E-state index in [0.29, 0.717) is 22.3 Å². The number of rotatable bonds is 5. The van der Waals surface area contributed by atoms with E-state index in [1.54, 1.807) is 24.4 Å². The monoisotopic (exact) mass is 280 g/mol. The Morgan fingerprint density at radius 2 is 1.84 bits per heavy atom. The van der Waals surface area contributed by atoms with Crippen LogP contribution in [-0.2, 0) is 0 Å². The van der Waals surface area contributed by atoms with Crippen molar-refractivity contribution in [1.82, 2.24) is 4.98 Å². The van der Waals surface area contributed by atoms with Gasteiger partial charge in [-0.3, -0.25) is 4.98 Å². The van der Waals surface area contributed by atoms with Gasteiger partial charge in [0.25, 0.3) is 5.76 Å². The Balaban J connectivity index is 2.15. The van der Waals surface area contributed by atoms with Crippen molar-refractivity contribution in [2.24, 2.45) is 0 Å². The van der Waals surface area contributed by atoms with Crippen LogP contribution < -0.4 is 5.32 Å². The van der Waals surface area contributed by atoms with Crippen molar-refractivity contribution < 1.29 is 8.78 Å². The fourth-order valence-corrected chi connectivity index (χ4v) is 2.33. The zero-order chi connectivity index (χ0) is 13.7. The maximum atomic E-state index is 12.5.